The first kappa shape index (κ1) is 15.5. The Balaban J connectivity index is 2.74. The summed E-state index contributed by atoms with van der Waals surface area (Å²) in [5.74, 6) is 0.792. The van der Waals surface area contributed by atoms with Crippen LogP contribution < -0.4 is 9.47 Å². The molecule has 0 N–H and O–H groups in total. The molecule has 6 heteroatoms. The van der Waals surface area contributed by atoms with Gasteiger partial charge in [-0.2, -0.15) is 0 Å². The summed E-state index contributed by atoms with van der Waals surface area (Å²) >= 11 is 0. The van der Waals surface area contributed by atoms with E-state index in [2.05, 4.69) is 0 Å². The molecule has 0 aliphatic carbocycles. The van der Waals surface area contributed by atoms with Gasteiger partial charge in [0.25, 0.3) is 0 Å². The number of sulfone groups is 1. The van der Waals surface area contributed by atoms with Crippen LogP contribution in [0.5, 0.6) is 11.5 Å². The van der Waals surface area contributed by atoms with Crippen molar-refractivity contribution in [3.63, 3.8) is 0 Å². The number of hydrogen-bond acceptors (Lipinski definition) is 5. The lowest BCUT2D eigenvalue weighted by atomic mass is 10.2. The molecule has 0 unspecified atom stereocenters. The van der Waals surface area contributed by atoms with Crippen LogP contribution in [0.25, 0.3) is 0 Å². The van der Waals surface area contributed by atoms with Crippen molar-refractivity contribution in [3.05, 3.63) is 23.8 Å². The van der Waals surface area contributed by atoms with Gasteiger partial charge in [0.05, 0.1) is 23.7 Å². The summed E-state index contributed by atoms with van der Waals surface area (Å²) in [6.07, 6.45) is 0.658. The Bertz CT molecular complexity index is 534. The quantitative estimate of drug-likeness (QED) is 0.714. The van der Waals surface area contributed by atoms with Crippen LogP contribution in [-0.4, -0.2) is 39.4 Å². The number of hydrogen-bond donors (Lipinski definition) is 0. The molecule has 0 saturated carbocycles. The molecule has 0 atom stereocenters. The summed E-state index contributed by atoms with van der Waals surface area (Å²) in [4.78, 5) is 10.9. The van der Waals surface area contributed by atoms with Gasteiger partial charge >= 0.3 is 0 Å². The minimum absolute atomic E-state index is 0.00845. The molecule has 0 bridgehead atoms. The lowest BCUT2D eigenvalue weighted by Crippen LogP contribution is -2.22. The van der Waals surface area contributed by atoms with E-state index in [0.717, 1.165) is 0 Å². The zero-order valence-corrected chi connectivity index (χ0v) is 12.1. The molecule has 0 radical (unpaired) electrons. The molecule has 0 aliphatic heterocycles. The topological polar surface area (TPSA) is 69.7 Å². The van der Waals surface area contributed by atoms with Crippen LogP contribution in [-0.2, 0) is 9.84 Å². The van der Waals surface area contributed by atoms with Gasteiger partial charge in [-0.25, -0.2) is 8.42 Å². The van der Waals surface area contributed by atoms with Crippen molar-refractivity contribution < 1.29 is 22.7 Å². The smallest absolute Gasteiger partial charge is 0.155 e. The molecular formula is C13H18O5S. The Morgan fingerprint density at radius 2 is 2.00 bits per heavy atom. The first-order chi connectivity index (χ1) is 8.90. The highest BCUT2D eigenvalue weighted by molar-refractivity contribution is 7.91. The zero-order valence-electron chi connectivity index (χ0n) is 11.3. The molecular weight excluding hydrogens is 268 g/mol. The number of ether oxygens (including phenoxy) is 2. The minimum Gasteiger partial charge on any atom is -0.497 e. The number of rotatable bonds is 7. The van der Waals surface area contributed by atoms with Gasteiger partial charge in [-0.3, -0.25) is 4.79 Å². The molecule has 0 aromatic heterocycles. The second kappa shape index (κ2) is 6.56. The van der Waals surface area contributed by atoms with Crippen molar-refractivity contribution in [2.24, 2.45) is 0 Å². The Kier molecular flexibility index (Phi) is 5.35. The Morgan fingerprint density at radius 1 is 1.32 bits per heavy atom. The number of aldehydes is 1. The van der Waals surface area contributed by atoms with Crippen LogP contribution >= 0.6 is 0 Å². The van der Waals surface area contributed by atoms with Crippen molar-refractivity contribution in [1.82, 2.24) is 0 Å². The van der Waals surface area contributed by atoms with Gasteiger partial charge in [0.2, 0.25) is 0 Å². The molecule has 5 nitrogen and oxygen atoms in total. The Morgan fingerprint density at radius 3 is 2.53 bits per heavy atom. The maximum Gasteiger partial charge on any atom is 0.155 e. The number of benzene rings is 1. The van der Waals surface area contributed by atoms with E-state index in [-0.39, 0.29) is 12.4 Å². The number of methoxy groups -OCH3 is 1. The highest BCUT2D eigenvalue weighted by Gasteiger charge is 2.16. The fraction of sp³-hybridized carbons (Fsp3) is 0.462. The summed E-state index contributed by atoms with van der Waals surface area (Å²) in [5.41, 5.74) is 0.364. The average Bonchev–Trinajstić information content (AvgIpc) is 2.38. The summed E-state index contributed by atoms with van der Waals surface area (Å²) in [6, 6.07) is 4.77. The zero-order chi connectivity index (χ0) is 14.5. The molecule has 0 saturated heterocycles. The van der Waals surface area contributed by atoms with Crippen molar-refractivity contribution in [2.45, 2.75) is 19.1 Å². The standard InChI is InChI=1S/C13H18O5S/c1-10(2)19(15,16)7-6-18-13-8-12(17-3)5-4-11(13)9-14/h4-5,8-10H,6-7H2,1-3H3. The van der Waals surface area contributed by atoms with Gasteiger partial charge in [-0.15, -0.1) is 0 Å². The molecule has 0 heterocycles. The van der Waals surface area contributed by atoms with Crippen LogP contribution in [0.4, 0.5) is 0 Å². The fourth-order valence-corrected chi connectivity index (χ4v) is 2.15. The molecule has 0 aliphatic rings. The van der Waals surface area contributed by atoms with E-state index < -0.39 is 15.1 Å². The molecule has 0 spiro atoms. The van der Waals surface area contributed by atoms with E-state index in [1.807, 2.05) is 0 Å². The molecule has 0 amide bonds. The monoisotopic (exact) mass is 286 g/mol. The molecule has 1 aromatic rings. The second-order valence-corrected chi connectivity index (χ2v) is 6.96. The largest absolute Gasteiger partial charge is 0.497 e. The fourth-order valence-electron chi connectivity index (χ4n) is 1.37. The third-order valence-electron chi connectivity index (χ3n) is 2.69. The van der Waals surface area contributed by atoms with Gasteiger partial charge in [-0.1, -0.05) is 0 Å². The molecule has 0 fully saturated rings. The van der Waals surface area contributed by atoms with Crippen LogP contribution in [0.15, 0.2) is 18.2 Å². The Hall–Kier alpha value is -1.56. The lowest BCUT2D eigenvalue weighted by molar-refractivity contribution is 0.112. The molecule has 106 valence electrons. The summed E-state index contributed by atoms with van der Waals surface area (Å²) in [6.45, 7) is 3.25. The van der Waals surface area contributed by atoms with E-state index in [4.69, 9.17) is 9.47 Å². The number of carbonyl (C=O) groups excluding carboxylic acids is 1. The van der Waals surface area contributed by atoms with Gasteiger partial charge < -0.3 is 9.47 Å². The van der Waals surface area contributed by atoms with Gasteiger partial charge in [0.15, 0.2) is 16.1 Å². The third-order valence-corrected chi connectivity index (χ3v) is 4.86. The van der Waals surface area contributed by atoms with E-state index in [9.17, 15) is 13.2 Å². The number of carbonyl (C=O) groups is 1. The van der Waals surface area contributed by atoms with Crippen LogP contribution in [0.3, 0.4) is 0 Å². The maximum atomic E-state index is 11.6. The van der Waals surface area contributed by atoms with E-state index in [1.165, 1.54) is 7.11 Å². The first-order valence-electron chi connectivity index (χ1n) is 5.88. The summed E-state index contributed by atoms with van der Waals surface area (Å²) in [5, 5.41) is -0.438. The predicted octanol–water partition coefficient (Wildman–Crippen LogP) is 1.71. The first-order valence-corrected chi connectivity index (χ1v) is 7.60. The second-order valence-electron chi connectivity index (χ2n) is 4.29. The van der Waals surface area contributed by atoms with Gasteiger partial charge in [0.1, 0.15) is 18.1 Å². The minimum atomic E-state index is -3.15. The van der Waals surface area contributed by atoms with Crippen molar-refractivity contribution in [3.8, 4) is 11.5 Å². The lowest BCUT2D eigenvalue weighted by Gasteiger charge is -2.11. The highest BCUT2D eigenvalue weighted by atomic mass is 32.2. The molecule has 1 rings (SSSR count). The summed E-state index contributed by atoms with van der Waals surface area (Å²) in [7, 11) is -1.65. The molecule has 19 heavy (non-hydrogen) atoms. The van der Waals surface area contributed by atoms with Crippen LogP contribution in [0.1, 0.15) is 24.2 Å². The van der Waals surface area contributed by atoms with E-state index in [1.54, 1.807) is 32.0 Å². The SMILES string of the molecule is COc1ccc(C=O)c(OCCS(=O)(=O)C(C)C)c1. The van der Waals surface area contributed by atoms with Crippen LogP contribution in [0, 0.1) is 0 Å². The Labute approximate surface area is 113 Å². The molecule has 1 aromatic carbocycles. The average molecular weight is 286 g/mol. The van der Waals surface area contributed by atoms with Gasteiger partial charge in [-0.05, 0) is 26.0 Å². The van der Waals surface area contributed by atoms with Crippen LogP contribution in [0.2, 0.25) is 0 Å². The van der Waals surface area contributed by atoms with E-state index >= 15 is 0 Å². The highest BCUT2D eigenvalue weighted by Crippen LogP contribution is 2.23. The third kappa shape index (κ3) is 4.24. The normalized spacial score (nSPS) is 11.4. The van der Waals surface area contributed by atoms with E-state index in [0.29, 0.717) is 23.3 Å². The van der Waals surface area contributed by atoms with Crippen molar-refractivity contribution >= 4 is 16.1 Å². The van der Waals surface area contributed by atoms with Crippen molar-refractivity contribution in [2.75, 3.05) is 19.5 Å². The predicted molar refractivity (Wildman–Crippen MR) is 72.8 cm³/mol. The van der Waals surface area contributed by atoms with Crippen molar-refractivity contribution in [1.29, 1.82) is 0 Å². The summed E-state index contributed by atoms with van der Waals surface area (Å²) < 4.78 is 33.6. The maximum absolute atomic E-state index is 11.6. The van der Waals surface area contributed by atoms with Gasteiger partial charge in [0, 0.05) is 6.07 Å².